The van der Waals surface area contributed by atoms with E-state index in [0.717, 1.165) is 44.3 Å². The van der Waals surface area contributed by atoms with Crippen LogP contribution in [0, 0.1) is 5.92 Å². The van der Waals surface area contributed by atoms with Crippen molar-refractivity contribution in [2.45, 2.75) is 32.2 Å². The Labute approximate surface area is 184 Å². The zero-order valence-corrected chi connectivity index (χ0v) is 18.9. The number of aromatic amines is 1. The Bertz CT molecular complexity index is 1200. The Morgan fingerprint density at radius 1 is 1.23 bits per heavy atom. The van der Waals surface area contributed by atoms with Crippen LogP contribution in [0.25, 0.3) is 10.9 Å². The number of H-pyrrole nitrogens is 1. The van der Waals surface area contributed by atoms with E-state index >= 15 is 0 Å². The van der Waals surface area contributed by atoms with Crippen molar-refractivity contribution in [3.05, 3.63) is 63.8 Å². The van der Waals surface area contributed by atoms with Crippen LogP contribution in [0.15, 0.2) is 46.9 Å². The molecule has 1 aromatic heterocycles. The summed E-state index contributed by atoms with van der Waals surface area (Å²) in [6.07, 6.45) is 1.14. The molecule has 1 atom stereocenters. The molecule has 0 saturated heterocycles. The van der Waals surface area contributed by atoms with Gasteiger partial charge in [0.1, 0.15) is 0 Å². The molecule has 0 bridgehead atoms. The smallest absolute Gasteiger partial charge is 0.263 e. The lowest BCUT2D eigenvalue weighted by molar-refractivity contribution is -0.145. The van der Waals surface area contributed by atoms with Crippen LogP contribution < -0.4 is 4.90 Å². The van der Waals surface area contributed by atoms with Crippen LogP contribution in [0.3, 0.4) is 0 Å². The first-order chi connectivity index (χ1) is 14.4. The van der Waals surface area contributed by atoms with Crippen molar-refractivity contribution in [2.24, 2.45) is 5.92 Å². The number of fused-ring (bicyclic) bond motifs is 6. The van der Waals surface area contributed by atoms with Gasteiger partial charge in [-0.25, -0.2) is 0 Å². The van der Waals surface area contributed by atoms with E-state index in [4.69, 9.17) is 0 Å². The van der Waals surface area contributed by atoms with Crippen LogP contribution in [0.2, 0.25) is 0 Å². The predicted molar refractivity (Wildman–Crippen MR) is 122 cm³/mol. The number of nitrogens with zero attached hydrogens (tertiary/aromatic N) is 2. The van der Waals surface area contributed by atoms with Crippen LogP contribution in [0.1, 0.15) is 37.1 Å². The number of rotatable bonds is 2. The van der Waals surface area contributed by atoms with Crippen molar-refractivity contribution in [1.82, 2.24) is 9.88 Å². The highest BCUT2D eigenvalue weighted by Crippen LogP contribution is 2.52. The first-order valence-corrected chi connectivity index (χ1v) is 11.1. The van der Waals surface area contributed by atoms with Gasteiger partial charge in [0.2, 0.25) is 5.91 Å². The molecule has 0 unspecified atom stereocenters. The second-order valence-electron chi connectivity index (χ2n) is 8.65. The molecule has 2 aromatic carbocycles. The molecule has 3 heterocycles. The number of hydrogen-bond donors (Lipinski definition) is 1. The van der Waals surface area contributed by atoms with Crippen molar-refractivity contribution < 1.29 is 9.59 Å². The largest absolute Gasteiger partial charge is 0.355 e. The summed E-state index contributed by atoms with van der Waals surface area (Å²) < 4.78 is 0.892. The number of nitrogens with one attached hydrogen (secondary N) is 1. The fourth-order valence-electron chi connectivity index (χ4n) is 5.13. The Balaban J connectivity index is 1.85. The number of benzene rings is 2. The SMILES string of the molecule is CC(C)CC(=O)N1CCc2c([nH]c3ccccc23)[C@]12C(=O)N(C)c1ccc(Br)cc12. The Morgan fingerprint density at radius 3 is 2.77 bits per heavy atom. The predicted octanol–water partition coefficient (Wildman–Crippen LogP) is 4.58. The summed E-state index contributed by atoms with van der Waals surface area (Å²) in [7, 11) is 1.80. The molecule has 2 amide bonds. The Kier molecular flexibility index (Phi) is 4.33. The van der Waals surface area contributed by atoms with Gasteiger partial charge in [0, 0.05) is 46.6 Å². The lowest BCUT2D eigenvalue weighted by Gasteiger charge is -2.43. The summed E-state index contributed by atoms with van der Waals surface area (Å²) in [5.74, 6) is 0.152. The van der Waals surface area contributed by atoms with Crippen LogP contribution >= 0.6 is 15.9 Å². The average Bonchev–Trinajstić information content (AvgIpc) is 3.19. The number of anilines is 1. The third-order valence-corrected chi connectivity index (χ3v) is 6.87. The van der Waals surface area contributed by atoms with E-state index in [1.165, 1.54) is 0 Å². The highest BCUT2D eigenvalue weighted by atomic mass is 79.9. The molecule has 5 rings (SSSR count). The van der Waals surface area contributed by atoms with Gasteiger partial charge >= 0.3 is 0 Å². The fourth-order valence-corrected chi connectivity index (χ4v) is 5.49. The van der Waals surface area contributed by atoms with Gasteiger partial charge in [-0.1, -0.05) is 48.0 Å². The molecule has 1 N–H and O–H groups in total. The molecular formula is C24H24BrN3O2. The monoisotopic (exact) mass is 465 g/mol. The molecular weight excluding hydrogens is 442 g/mol. The van der Waals surface area contributed by atoms with E-state index in [2.05, 4.69) is 27.0 Å². The number of para-hydroxylation sites is 1. The molecule has 0 radical (unpaired) electrons. The summed E-state index contributed by atoms with van der Waals surface area (Å²) in [4.78, 5) is 34.5. The number of carbonyl (C=O) groups excluding carboxylic acids is 2. The molecule has 2 aliphatic rings. The molecule has 6 heteroatoms. The third-order valence-electron chi connectivity index (χ3n) is 6.37. The van der Waals surface area contributed by atoms with E-state index in [1.807, 2.05) is 55.1 Å². The molecule has 30 heavy (non-hydrogen) atoms. The van der Waals surface area contributed by atoms with Crippen molar-refractivity contribution in [1.29, 1.82) is 0 Å². The molecule has 0 fully saturated rings. The van der Waals surface area contributed by atoms with E-state index in [-0.39, 0.29) is 17.7 Å². The zero-order valence-electron chi connectivity index (χ0n) is 17.3. The first-order valence-electron chi connectivity index (χ1n) is 10.3. The van der Waals surface area contributed by atoms with E-state index < -0.39 is 5.54 Å². The number of likely N-dealkylation sites (N-methyl/N-ethyl adjacent to an activating group) is 1. The minimum Gasteiger partial charge on any atom is -0.355 e. The summed E-state index contributed by atoms with van der Waals surface area (Å²) in [5.41, 5.74) is 3.51. The zero-order chi connectivity index (χ0) is 21.2. The molecule has 0 aliphatic carbocycles. The van der Waals surface area contributed by atoms with Crippen molar-refractivity contribution in [3.8, 4) is 0 Å². The lowest BCUT2D eigenvalue weighted by Crippen LogP contribution is -2.59. The number of aromatic nitrogens is 1. The van der Waals surface area contributed by atoms with Crippen LogP contribution in [-0.2, 0) is 21.5 Å². The summed E-state index contributed by atoms with van der Waals surface area (Å²) in [6.45, 7) is 4.60. The Morgan fingerprint density at radius 2 is 2.00 bits per heavy atom. The minimum atomic E-state index is -1.16. The van der Waals surface area contributed by atoms with Gasteiger partial charge in [-0.2, -0.15) is 0 Å². The lowest BCUT2D eigenvalue weighted by atomic mass is 9.79. The highest BCUT2D eigenvalue weighted by molar-refractivity contribution is 9.10. The van der Waals surface area contributed by atoms with Crippen LogP contribution in [0.4, 0.5) is 5.69 Å². The highest BCUT2D eigenvalue weighted by Gasteiger charge is 2.60. The van der Waals surface area contributed by atoms with E-state index in [9.17, 15) is 9.59 Å². The second kappa shape index (κ2) is 6.71. The number of halogens is 1. The Hall–Kier alpha value is -2.60. The van der Waals surface area contributed by atoms with E-state index in [0.29, 0.717) is 13.0 Å². The van der Waals surface area contributed by atoms with Crippen molar-refractivity contribution in [3.63, 3.8) is 0 Å². The molecule has 2 aliphatic heterocycles. The maximum atomic E-state index is 14.0. The third kappa shape index (κ3) is 2.46. The van der Waals surface area contributed by atoms with Gasteiger partial charge in [0.05, 0.1) is 5.69 Å². The van der Waals surface area contributed by atoms with Crippen molar-refractivity contribution in [2.75, 3.05) is 18.5 Å². The molecule has 1 spiro atoms. The number of carbonyl (C=O) groups is 2. The second-order valence-corrected chi connectivity index (χ2v) is 9.57. The minimum absolute atomic E-state index is 0.0175. The van der Waals surface area contributed by atoms with Gasteiger partial charge in [0.15, 0.2) is 5.54 Å². The normalized spacial score (nSPS) is 20.4. The van der Waals surface area contributed by atoms with Crippen LogP contribution in [0.5, 0.6) is 0 Å². The van der Waals surface area contributed by atoms with Gasteiger partial charge in [-0.15, -0.1) is 0 Å². The maximum absolute atomic E-state index is 14.0. The van der Waals surface area contributed by atoms with Gasteiger partial charge < -0.3 is 14.8 Å². The van der Waals surface area contributed by atoms with Crippen molar-refractivity contribution >= 4 is 44.3 Å². The molecule has 5 nitrogen and oxygen atoms in total. The van der Waals surface area contributed by atoms with Gasteiger partial charge in [-0.3, -0.25) is 9.59 Å². The quantitative estimate of drug-likeness (QED) is 0.601. The standard InChI is InChI=1S/C24H24BrN3O2/c1-14(2)12-21(29)28-11-10-17-16-6-4-5-7-19(16)26-22(17)24(28)18-13-15(25)8-9-20(18)27(3)23(24)30/h4-9,13-14,26H,10-12H2,1-3H3/t24-/m1/s1. The number of amides is 2. The molecule has 3 aromatic rings. The van der Waals surface area contributed by atoms with E-state index in [1.54, 1.807) is 11.9 Å². The summed E-state index contributed by atoms with van der Waals surface area (Å²) in [5, 5.41) is 1.13. The summed E-state index contributed by atoms with van der Waals surface area (Å²) in [6, 6.07) is 14.0. The maximum Gasteiger partial charge on any atom is 0.263 e. The molecule has 0 saturated carbocycles. The average molecular weight is 466 g/mol. The summed E-state index contributed by atoms with van der Waals surface area (Å²) >= 11 is 3.58. The number of hydrogen-bond acceptors (Lipinski definition) is 2. The van der Waals surface area contributed by atoms with Gasteiger partial charge in [0.25, 0.3) is 5.91 Å². The van der Waals surface area contributed by atoms with Crippen LogP contribution in [-0.4, -0.2) is 35.3 Å². The molecule has 154 valence electrons. The fraction of sp³-hybridized carbons (Fsp3) is 0.333. The van der Waals surface area contributed by atoms with Gasteiger partial charge in [-0.05, 0) is 42.2 Å². The first kappa shape index (κ1) is 19.4. The topological polar surface area (TPSA) is 56.4 Å².